The van der Waals surface area contributed by atoms with E-state index in [0.29, 0.717) is 13.1 Å². The summed E-state index contributed by atoms with van der Waals surface area (Å²) in [5.41, 5.74) is 0.557. The molecule has 1 aromatic carbocycles. The Bertz CT molecular complexity index is 805. The Balaban J connectivity index is 1.52. The maximum absolute atomic E-state index is 12.7. The van der Waals surface area contributed by atoms with Gasteiger partial charge in [-0.1, -0.05) is 12.8 Å². The number of nitrogens with one attached hydrogen (secondary N) is 2. The van der Waals surface area contributed by atoms with Gasteiger partial charge in [0.25, 0.3) is 5.91 Å². The number of likely N-dealkylation sites (tertiary alicyclic amines) is 1. The number of carbonyl (C=O) groups excluding carboxylic acids is 1. The first-order valence-corrected chi connectivity index (χ1v) is 10.6. The van der Waals surface area contributed by atoms with Crippen molar-refractivity contribution in [2.24, 2.45) is 5.92 Å². The summed E-state index contributed by atoms with van der Waals surface area (Å²) >= 11 is 0. The first-order chi connectivity index (χ1) is 14.1. The predicted molar refractivity (Wildman–Crippen MR) is 109 cm³/mol. The molecule has 6 nitrogen and oxygen atoms in total. The number of methoxy groups -OCH3 is 1. The topological polar surface area (TPSA) is 76.1 Å². The highest BCUT2D eigenvalue weighted by Gasteiger charge is 2.51. The van der Waals surface area contributed by atoms with E-state index in [0.717, 1.165) is 50.2 Å². The molecule has 2 aliphatic rings. The van der Waals surface area contributed by atoms with Gasteiger partial charge in [-0.3, -0.25) is 4.79 Å². The largest absolute Gasteiger partial charge is 0.497 e. The lowest BCUT2D eigenvalue weighted by Crippen LogP contribution is -3.16. The van der Waals surface area contributed by atoms with E-state index in [2.05, 4.69) is 17.4 Å². The Labute approximate surface area is 171 Å². The molecule has 1 amide bonds. The summed E-state index contributed by atoms with van der Waals surface area (Å²) in [7, 11) is 1.66. The number of amides is 1. The highest BCUT2D eigenvalue weighted by molar-refractivity contribution is 5.76. The molecule has 1 aliphatic heterocycles. The van der Waals surface area contributed by atoms with E-state index < -0.39 is 5.60 Å². The van der Waals surface area contributed by atoms with Crippen LogP contribution in [0.5, 0.6) is 5.75 Å². The van der Waals surface area contributed by atoms with Crippen LogP contribution in [0.1, 0.15) is 49.5 Å². The lowest BCUT2D eigenvalue weighted by molar-refractivity contribution is -0.937. The first-order valence-electron chi connectivity index (χ1n) is 10.6. The molecule has 1 aliphatic carbocycles. The normalized spacial score (nSPS) is 29.1. The van der Waals surface area contributed by atoms with Crippen LogP contribution in [0.3, 0.4) is 0 Å². The Morgan fingerprint density at radius 1 is 1.28 bits per heavy atom. The molecule has 2 heterocycles. The lowest BCUT2D eigenvalue weighted by Gasteiger charge is -2.50. The van der Waals surface area contributed by atoms with Crippen molar-refractivity contribution in [3.8, 4) is 5.75 Å². The van der Waals surface area contributed by atoms with E-state index in [1.807, 2.05) is 24.3 Å². The minimum absolute atomic E-state index is 0.0103. The molecule has 2 aromatic rings. The number of carbonyl (C=O) groups is 1. The van der Waals surface area contributed by atoms with Gasteiger partial charge in [0.2, 0.25) is 0 Å². The molecule has 0 spiro atoms. The molecule has 4 rings (SSSR count). The second kappa shape index (κ2) is 8.59. The molecule has 2 fully saturated rings. The zero-order chi connectivity index (χ0) is 20.3. The van der Waals surface area contributed by atoms with Crippen LogP contribution >= 0.6 is 0 Å². The molecule has 1 saturated carbocycles. The predicted octanol–water partition coefficient (Wildman–Crippen LogP) is 1.86. The average molecular weight is 400 g/mol. The van der Waals surface area contributed by atoms with Gasteiger partial charge in [-0.25, -0.2) is 0 Å². The van der Waals surface area contributed by atoms with Crippen LogP contribution in [0.15, 0.2) is 47.1 Å². The molecule has 1 saturated heterocycles. The zero-order valence-electron chi connectivity index (χ0n) is 17.0. The van der Waals surface area contributed by atoms with Gasteiger partial charge in [0, 0.05) is 17.9 Å². The van der Waals surface area contributed by atoms with E-state index in [1.54, 1.807) is 13.4 Å². The summed E-state index contributed by atoms with van der Waals surface area (Å²) in [5.74, 6) is 1.75. The third kappa shape index (κ3) is 4.33. The fourth-order valence-corrected chi connectivity index (χ4v) is 5.20. The quantitative estimate of drug-likeness (QED) is 0.693. The van der Waals surface area contributed by atoms with Gasteiger partial charge in [0.05, 0.1) is 32.1 Å². The second-order valence-corrected chi connectivity index (χ2v) is 8.40. The Morgan fingerprint density at radius 2 is 2.10 bits per heavy atom. The lowest BCUT2D eigenvalue weighted by atomic mass is 9.66. The van der Waals surface area contributed by atoms with Crippen LogP contribution in [0.2, 0.25) is 0 Å². The van der Waals surface area contributed by atoms with Gasteiger partial charge in [-0.05, 0) is 49.2 Å². The van der Waals surface area contributed by atoms with Crippen LogP contribution in [-0.4, -0.2) is 36.8 Å². The molecular formula is C23H31N2O4+. The molecular weight excluding hydrogens is 368 g/mol. The van der Waals surface area contributed by atoms with Crippen LogP contribution in [0.25, 0.3) is 0 Å². The summed E-state index contributed by atoms with van der Waals surface area (Å²) in [6.07, 6.45) is 6.46. The number of aliphatic hydroxyl groups is 1. The van der Waals surface area contributed by atoms with Crippen molar-refractivity contribution in [1.82, 2.24) is 5.32 Å². The van der Waals surface area contributed by atoms with Crippen molar-refractivity contribution in [3.05, 3.63) is 54.0 Å². The number of benzene rings is 1. The number of piperidine rings is 1. The first kappa shape index (κ1) is 20.0. The van der Waals surface area contributed by atoms with Gasteiger partial charge < -0.3 is 24.5 Å². The van der Waals surface area contributed by atoms with Gasteiger partial charge in [0.1, 0.15) is 17.6 Å². The van der Waals surface area contributed by atoms with Crippen molar-refractivity contribution in [2.75, 3.05) is 20.2 Å². The molecule has 0 bridgehead atoms. The van der Waals surface area contributed by atoms with E-state index in [-0.39, 0.29) is 17.9 Å². The van der Waals surface area contributed by atoms with Crippen molar-refractivity contribution >= 4 is 5.91 Å². The number of furan rings is 1. The van der Waals surface area contributed by atoms with E-state index >= 15 is 0 Å². The van der Waals surface area contributed by atoms with Crippen molar-refractivity contribution in [1.29, 1.82) is 0 Å². The van der Waals surface area contributed by atoms with Crippen molar-refractivity contribution < 1.29 is 24.0 Å². The third-order valence-electron chi connectivity index (χ3n) is 6.69. The maximum atomic E-state index is 12.7. The smallest absolute Gasteiger partial charge is 0.275 e. The van der Waals surface area contributed by atoms with Crippen LogP contribution in [-0.2, 0) is 11.3 Å². The summed E-state index contributed by atoms with van der Waals surface area (Å²) in [6, 6.07) is 11.9. The fraction of sp³-hybridized carbons (Fsp3) is 0.522. The molecule has 1 unspecified atom stereocenters. The standard InChI is InChI=1S/C23H30N2O4/c1-28-18-9-7-17(8-10-18)22-20-6-2-3-11-23(20,27)12-13-25(22)16-21(26)24-15-19-5-4-14-29-19/h4-5,7-10,14,20,22,27H,2-3,6,11-13,15-16H2,1H3,(H,24,26)/p+1/t20-,22+,23-/m1/s1. The molecule has 0 radical (unpaired) electrons. The Morgan fingerprint density at radius 3 is 2.83 bits per heavy atom. The molecule has 1 aromatic heterocycles. The SMILES string of the molecule is COc1ccc([C@H]2[C@H]3CCCC[C@@]3(O)CC[NH+]2CC(=O)NCc2ccco2)cc1. The number of rotatable bonds is 6. The Hall–Kier alpha value is -2.31. The molecule has 29 heavy (non-hydrogen) atoms. The third-order valence-corrected chi connectivity index (χ3v) is 6.69. The number of hydrogen-bond acceptors (Lipinski definition) is 4. The number of hydrogen-bond donors (Lipinski definition) is 3. The number of ether oxygens (including phenoxy) is 1. The maximum Gasteiger partial charge on any atom is 0.275 e. The van der Waals surface area contributed by atoms with Gasteiger partial charge >= 0.3 is 0 Å². The van der Waals surface area contributed by atoms with Crippen molar-refractivity contribution in [3.63, 3.8) is 0 Å². The van der Waals surface area contributed by atoms with E-state index in [9.17, 15) is 9.90 Å². The number of quaternary nitrogens is 1. The number of fused-ring (bicyclic) bond motifs is 1. The average Bonchev–Trinajstić information content (AvgIpc) is 3.26. The van der Waals surface area contributed by atoms with Crippen molar-refractivity contribution in [2.45, 2.75) is 50.3 Å². The molecule has 4 atom stereocenters. The van der Waals surface area contributed by atoms with Gasteiger partial charge in [0.15, 0.2) is 6.54 Å². The van der Waals surface area contributed by atoms with Crippen LogP contribution in [0, 0.1) is 5.92 Å². The summed E-state index contributed by atoms with van der Waals surface area (Å²) in [6.45, 7) is 1.58. The van der Waals surface area contributed by atoms with Gasteiger partial charge in [-0.15, -0.1) is 0 Å². The summed E-state index contributed by atoms with van der Waals surface area (Å²) < 4.78 is 10.6. The summed E-state index contributed by atoms with van der Waals surface area (Å²) in [4.78, 5) is 13.9. The highest BCUT2D eigenvalue weighted by atomic mass is 16.5. The second-order valence-electron chi connectivity index (χ2n) is 8.40. The minimum atomic E-state index is -0.614. The van der Waals surface area contributed by atoms with Crippen LogP contribution in [0.4, 0.5) is 0 Å². The fourth-order valence-electron chi connectivity index (χ4n) is 5.20. The van der Waals surface area contributed by atoms with Gasteiger partial charge in [-0.2, -0.15) is 0 Å². The molecule has 156 valence electrons. The Kier molecular flexibility index (Phi) is 5.92. The van der Waals surface area contributed by atoms with Crippen LogP contribution < -0.4 is 15.0 Å². The molecule has 3 N–H and O–H groups in total. The molecule has 6 heteroatoms. The summed E-state index contributed by atoms with van der Waals surface area (Å²) in [5, 5.41) is 14.3. The minimum Gasteiger partial charge on any atom is -0.497 e. The van der Waals surface area contributed by atoms with E-state index in [1.165, 1.54) is 10.5 Å². The highest BCUT2D eigenvalue weighted by Crippen LogP contribution is 2.44. The zero-order valence-corrected chi connectivity index (χ0v) is 17.0. The van der Waals surface area contributed by atoms with E-state index in [4.69, 9.17) is 9.15 Å². The monoisotopic (exact) mass is 399 g/mol.